The van der Waals surface area contributed by atoms with Crippen molar-refractivity contribution in [2.45, 2.75) is 44.9 Å². The van der Waals surface area contributed by atoms with E-state index in [4.69, 9.17) is 0 Å². The predicted molar refractivity (Wildman–Crippen MR) is 96.2 cm³/mol. The molecule has 0 radical (unpaired) electrons. The Hall–Kier alpha value is -2.50. The molecule has 1 aliphatic carbocycles. The van der Waals surface area contributed by atoms with E-state index in [-0.39, 0.29) is 30.7 Å². The van der Waals surface area contributed by atoms with Gasteiger partial charge in [-0.3, -0.25) is 19.3 Å². The van der Waals surface area contributed by atoms with Crippen LogP contribution in [0.4, 0.5) is 0 Å². The summed E-state index contributed by atoms with van der Waals surface area (Å²) in [4.78, 5) is 39.0. The summed E-state index contributed by atoms with van der Waals surface area (Å²) in [6.07, 6.45) is 5.56. The first-order chi connectivity index (χ1) is 12.6. The van der Waals surface area contributed by atoms with Gasteiger partial charge in [0.1, 0.15) is 6.54 Å². The molecular weight excluding hydrogens is 330 g/mol. The van der Waals surface area contributed by atoms with Crippen LogP contribution in [0.5, 0.6) is 0 Å². The minimum atomic E-state index is -0.543. The lowest BCUT2D eigenvalue weighted by Crippen LogP contribution is -2.42. The molecule has 4 rings (SSSR count). The van der Waals surface area contributed by atoms with Crippen molar-refractivity contribution in [3.8, 4) is 0 Å². The highest BCUT2D eigenvalue weighted by atomic mass is 16.2. The molecule has 136 valence electrons. The molecule has 1 saturated carbocycles. The molecule has 1 saturated heterocycles. The van der Waals surface area contributed by atoms with Crippen LogP contribution in [0.25, 0.3) is 0 Å². The van der Waals surface area contributed by atoms with Crippen LogP contribution in [0.2, 0.25) is 0 Å². The maximum Gasteiger partial charge on any atom is 0.262 e. The van der Waals surface area contributed by atoms with Crippen LogP contribution in [0, 0.1) is 5.41 Å². The normalized spacial score (nSPS) is 22.2. The SMILES string of the molecule is O=C(CN1C(=O)CC2(CCCCC2)C1=O)N1CCC(c2ccccc2)=N1. The zero-order valence-corrected chi connectivity index (χ0v) is 14.8. The smallest absolute Gasteiger partial charge is 0.262 e. The molecule has 0 N–H and O–H groups in total. The van der Waals surface area contributed by atoms with Crippen molar-refractivity contribution >= 4 is 23.4 Å². The van der Waals surface area contributed by atoms with Gasteiger partial charge < -0.3 is 0 Å². The molecular formula is C20H23N3O3. The van der Waals surface area contributed by atoms with Crippen molar-refractivity contribution in [3.05, 3.63) is 35.9 Å². The summed E-state index contributed by atoms with van der Waals surface area (Å²) in [6.45, 7) is 0.301. The van der Waals surface area contributed by atoms with Crippen molar-refractivity contribution in [2.24, 2.45) is 10.5 Å². The van der Waals surface area contributed by atoms with Gasteiger partial charge in [-0.25, -0.2) is 5.01 Å². The van der Waals surface area contributed by atoms with Crippen LogP contribution in [0.1, 0.15) is 50.5 Å². The third-order valence-corrected chi connectivity index (χ3v) is 5.79. The molecule has 2 heterocycles. The lowest BCUT2D eigenvalue weighted by molar-refractivity contribution is -0.147. The summed E-state index contributed by atoms with van der Waals surface area (Å²) in [5.74, 6) is -0.649. The molecule has 3 aliphatic rings. The van der Waals surface area contributed by atoms with Gasteiger partial charge in [0.2, 0.25) is 11.8 Å². The number of imide groups is 1. The Morgan fingerprint density at radius 2 is 1.81 bits per heavy atom. The van der Waals surface area contributed by atoms with Gasteiger partial charge in [-0.15, -0.1) is 0 Å². The average Bonchev–Trinajstić information content (AvgIpc) is 3.24. The molecule has 1 spiro atoms. The highest BCUT2D eigenvalue weighted by molar-refractivity contribution is 6.08. The first-order valence-corrected chi connectivity index (χ1v) is 9.37. The summed E-state index contributed by atoms with van der Waals surface area (Å²) in [5, 5.41) is 5.80. The number of amides is 3. The number of carbonyl (C=O) groups is 3. The molecule has 26 heavy (non-hydrogen) atoms. The van der Waals surface area contributed by atoms with Crippen LogP contribution < -0.4 is 0 Å². The second-order valence-corrected chi connectivity index (χ2v) is 7.48. The van der Waals surface area contributed by atoms with E-state index < -0.39 is 5.41 Å². The van der Waals surface area contributed by atoms with E-state index in [9.17, 15) is 14.4 Å². The molecule has 2 aliphatic heterocycles. The summed E-state index contributed by atoms with van der Waals surface area (Å²) in [5.41, 5.74) is 1.32. The van der Waals surface area contributed by atoms with E-state index in [2.05, 4.69) is 5.10 Å². The number of hydrazone groups is 1. The molecule has 0 aromatic heterocycles. The summed E-state index contributed by atoms with van der Waals surface area (Å²) in [6, 6.07) is 9.75. The molecule has 0 bridgehead atoms. The van der Waals surface area contributed by atoms with Gasteiger partial charge in [0.25, 0.3) is 5.91 Å². The van der Waals surface area contributed by atoms with Gasteiger partial charge in [-0.1, -0.05) is 49.6 Å². The third-order valence-electron chi connectivity index (χ3n) is 5.79. The Morgan fingerprint density at radius 1 is 1.08 bits per heavy atom. The van der Waals surface area contributed by atoms with Crippen molar-refractivity contribution in [1.82, 2.24) is 9.91 Å². The Kier molecular flexibility index (Phi) is 4.34. The fourth-order valence-electron chi connectivity index (χ4n) is 4.33. The lowest BCUT2D eigenvalue weighted by Gasteiger charge is -2.30. The van der Waals surface area contributed by atoms with E-state index in [0.29, 0.717) is 13.0 Å². The molecule has 6 heteroatoms. The number of benzene rings is 1. The van der Waals surface area contributed by atoms with E-state index in [1.807, 2.05) is 30.3 Å². The molecule has 1 aromatic carbocycles. The lowest BCUT2D eigenvalue weighted by atomic mass is 9.73. The van der Waals surface area contributed by atoms with Crippen molar-refractivity contribution in [2.75, 3.05) is 13.1 Å². The summed E-state index contributed by atoms with van der Waals surface area (Å²) in [7, 11) is 0. The van der Waals surface area contributed by atoms with Crippen molar-refractivity contribution < 1.29 is 14.4 Å². The second kappa shape index (κ2) is 6.67. The number of carbonyl (C=O) groups excluding carboxylic acids is 3. The third kappa shape index (κ3) is 2.93. The highest BCUT2D eigenvalue weighted by Crippen LogP contribution is 2.45. The standard InChI is InChI=1S/C20H23N3O3/c24-17-13-20(10-5-2-6-11-20)19(26)22(17)14-18(25)23-12-9-16(21-23)15-7-3-1-4-8-15/h1,3-4,7-8H,2,5-6,9-14H2. The molecule has 3 amide bonds. The molecule has 0 unspecified atom stereocenters. The van der Waals surface area contributed by atoms with Crippen LogP contribution in [0.15, 0.2) is 35.4 Å². The van der Waals surface area contributed by atoms with Crippen molar-refractivity contribution in [3.63, 3.8) is 0 Å². The zero-order chi connectivity index (χ0) is 18.1. The van der Waals surface area contributed by atoms with E-state index in [1.165, 1.54) is 9.91 Å². The molecule has 1 aromatic rings. The minimum Gasteiger partial charge on any atom is -0.274 e. The quantitative estimate of drug-likeness (QED) is 0.783. The zero-order valence-electron chi connectivity index (χ0n) is 14.8. The first-order valence-electron chi connectivity index (χ1n) is 9.37. The molecule has 2 fully saturated rings. The summed E-state index contributed by atoms with van der Waals surface area (Å²) >= 11 is 0. The minimum absolute atomic E-state index is 0.151. The Morgan fingerprint density at radius 3 is 2.54 bits per heavy atom. The van der Waals surface area contributed by atoms with Gasteiger partial charge in [0.05, 0.1) is 17.7 Å². The highest BCUT2D eigenvalue weighted by Gasteiger charge is 2.52. The summed E-state index contributed by atoms with van der Waals surface area (Å²) < 4.78 is 0. The number of hydrogen-bond donors (Lipinski definition) is 0. The van der Waals surface area contributed by atoms with Gasteiger partial charge in [0.15, 0.2) is 0 Å². The number of likely N-dealkylation sites (tertiary alicyclic amines) is 1. The van der Waals surface area contributed by atoms with E-state index in [0.717, 1.165) is 43.4 Å². The maximum absolute atomic E-state index is 12.8. The van der Waals surface area contributed by atoms with Gasteiger partial charge in [-0.05, 0) is 18.4 Å². The fourth-order valence-corrected chi connectivity index (χ4v) is 4.33. The molecule has 0 atom stereocenters. The van der Waals surface area contributed by atoms with Crippen LogP contribution in [-0.4, -0.2) is 46.4 Å². The Labute approximate surface area is 152 Å². The number of hydrogen-bond acceptors (Lipinski definition) is 4. The van der Waals surface area contributed by atoms with E-state index >= 15 is 0 Å². The Bertz CT molecular complexity index is 766. The van der Waals surface area contributed by atoms with Gasteiger partial charge >= 0.3 is 0 Å². The van der Waals surface area contributed by atoms with Crippen molar-refractivity contribution in [1.29, 1.82) is 0 Å². The van der Waals surface area contributed by atoms with Gasteiger partial charge in [0, 0.05) is 12.8 Å². The number of rotatable bonds is 3. The monoisotopic (exact) mass is 353 g/mol. The fraction of sp³-hybridized carbons (Fsp3) is 0.500. The number of nitrogens with zero attached hydrogens (tertiary/aromatic N) is 3. The Balaban J connectivity index is 1.44. The van der Waals surface area contributed by atoms with E-state index in [1.54, 1.807) is 0 Å². The largest absolute Gasteiger partial charge is 0.274 e. The van der Waals surface area contributed by atoms with Crippen LogP contribution in [0.3, 0.4) is 0 Å². The second-order valence-electron chi connectivity index (χ2n) is 7.48. The predicted octanol–water partition coefficient (Wildman–Crippen LogP) is 2.33. The maximum atomic E-state index is 12.8. The average molecular weight is 353 g/mol. The topological polar surface area (TPSA) is 70.1 Å². The van der Waals surface area contributed by atoms with Crippen LogP contribution in [-0.2, 0) is 14.4 Å². The molecule has 6 nitrogen and oxygen atoms in total. The first kappa shape index (κ1) is 16.9. The van der Waals surface area contributed by atoms with Crippen LogP contribution >= 0.6 is 0 Å². The van der Waals surface area contributed by atoms with Gasteiger partial charge in [-0.2, -0.15) is 5.10 Å².